The molecule has 2 aromatic carbocycles. The Kier molecular flexibility index (Phi) is 4.88. The van der Waals surface area contributed by atoms with Gasteiger partial charge in [-0.3, -0.25) is 10.1 Å². The zero-order chi connectivity index (χ0) is 19.7. The van der Waals surface area contributed by atoms with E-state index in [0.29, 0.717) is 35.4 Å². The van der Waals surface area contributed by atoms with E-state index in [1.165, 1.54) is 0 Å². The van der Waals surface area contributed by atoms with Gasteiger partial charge < -0.3 is 4.57 Å². The molecule has 0 unspecified atom stereocenters. The third kappa shape index (κ3) is 3.27. The average Bonchev–Trinajstić information content (AvgIpc) is 3.18. The van der Waals surface area contributed by atoms with Crippen molar-refractivity contribution in [2.75, 3.05) is 5.32 Å². The number of benzene rings is 2. The number of fused-ring (bicyclic) bond motifs is 1. The van der Waals surface area contributed by atoms with Gasteiger partial charge in [0.15, 0.2) is 0 Å². The van der Waals surface area contributed by atoms with Gasteiger partial charge >= 0.3 is 0 Å². The van der Waals surface area contributed by atoms with Crippen LogP contribution < -0.4 is 5.32 Å². The standard InChI is InChI=1S/C21H20ClN5O/c1-3-26-17-12-8-7-11-16(17)23-21(26)24-20(28)18-14(2)25-27(19(18)22)13-15-9-5-4-6-10-15/h4-12H,3,13H2,1-2H3,(H,23,24,28). The van der Waals surface area contributed by atoms with Crippen LogP contribution in [0.4, 0.5) is 5.95 Å². The first-order valence-corrected chi connectivity index (χ1v) is 9.49. The second kappa shape index (κ2) is 7.48. The molecule has 0 aliphatic rings. The summed E-state index contributed by atoms with van der Waals surface area (Å²) in [5.74, 6) is 0.187. The lowest BCUT2D eigenvalue weighted by molar-refractivity contribution is 0.102. The Hall–Kier alpha value is -3.12. The van der Waals surface area contributed by atoms with Crippen molar-refractivity contribution in [3.63, 3.8) is 0 Å². The van der Waals surface area contributed by atoms with Gasteiger partial charge in [-0.1, -0.05) is 54.1 Å². The van der Waals surface area contributed by atoms with Gasteiger partial charge in [-0.25, -0.2) is 9.67 Å². The first-order valence-electron chi connectivity index (χ1n) is 9.12. The highest BCUT2D eigenvalue weighted by Crippen LogP contribution is 2.24. The molecule has 0 aliphatic carbocycles. The summed E-state index contributed by atoms with van der Waals surface area (Å²) in [6.45, 7) is 4.99. The predicted molar refractivity (Wildman–Crippen MR) is 111 cm³/mol. The van der Waals surface area contributed by atoms with Crippen LogP contribution >= 0.6 is 11.6 Å². The number of halogens is 1. The molecule has 0 fully saturated rings. The lowest BCUT2D eigenvalue weighted by Gasteiger charge is -2.08. The summed E-state index contributed by atoms with van der Waals surface area (Å²) in [5, 5.41) is 7.67. The molecule has 0 atom stereocenters. The molecule has 4 rings (SSSR count). The Labute approximate surface area is 167 Å². The number of hydrogen-bond donors (Lipinski definition) is 1. The molecule has 0 saturated heterocycles. The minimum absolute atomic E-state index is 0.313. The van der Waals surface area contributed by atoms with Gasteiger partial charge in [0.1, 0.15) is 5.15 Å². The number of carbonyl (C=O) groups is 1. The van der Waals surface area contributed by atoms with Gasteiger partial charge in [-0.2, -0.15) is 5.10 Å². The van der Waals surface area contributed by atoms with E-state index in [0.717, 1.165) is 16.6 Å². The minimum atomic E-state index is -0.313. The Morgan fingerprint density at radius 1 is 1.11 bits per heavy atom. The minimum Gasteiger partial charge on any atom is -0.310 e. The molecule has 1 N–H and O–H groups in total. The Balaban J connectivity index is 1.64. The molecule has 28 heavy (non-hydrogen) atoms. The number of carbonyl (C=O) groups excluding carboxylic acids is 1. The van der Waals surface area contributed by atoms with E-state index < -0.39 is 0 Å². The van der Waals surface area contributed by atoms with Crippen LogP contribution in [-0.2, 0) is 13.1 Å². The van der Waals surface area contributed by atoms with Gasteiger partial charge in [0.25, 0.3) is 5.91 Å². The molecule has 7 heteroatoms. The lowest BCUT2D eigenvalue weighted by Crippen LogP contribution is -2.16. The second-order valence-electron chi connectivity index (χ2n) is 6.52. The predicted octanol–water partition coefficient (Wildman–Crippen LogP) is 4.52. The molecule has 0 bridgehead atoms. The van der Waals surface area contributed by atoms with Crippen molar-refractivity contribution in [2.45, 2.75) is 26.9 Å². The number of imidazole rings is 1. The zero-order valence-corrected chi connectivity index (χ0v) is 16.4. The second-order valence-corrected chi connectivity index (χ2v) is 6.87. The molecule has 0 saturated carbocycles. The van der Waals surface area contributed by atoms with E-state index in [2.05, 4.69) is 15.4 Å². The number of nitrogens with zero attached hydrogens (tertiary/aromatic N) is 4. The third-order valence-electron chi connectivity index (χ3n) is 4.66. The van der Waals surface area contributed by atoms with Crippen LogP contribution in [0.1, 0.15) is 28.5 Å². The number of para-hydroxylation sites is 2. The number of aromatic nitrogens is 4. The highest BCUT2D eigenvalue weighted by Gasteiger charge is 2.22. The van der Waals surface area contributed by atoms with Gasteiger partial charge in [0, 0.05) is 6.54 Å². The van der Waals surface area contributed by atoms with Crippen molar-refractivity contribution in [2.24, 2.45) is 0 Å². The molecule has 0 spiro atoms. The van der Waals surface area contributed by atoms with Crippen LogP contribution in [0.2, 0.25) is 5.15 Å². The summed E-state index contributed by atoms with van der Waals surface area (Å²) in [5.41, 5.74) is 3.82. The molecule has 4 aromatic rings. The summed E-state index contributed by atoms with van der Waals surface area (Å²) in [6.07, 6.45) is 0. The maximum atomic E-state index is 13.0. The van der Waals surface area contributed by atoms with Crippen LogP contribution in [0.15, 0.2) is 54.6 Å². The highest BCUT2D eigenvalue weighted by atomic mass is 35.5. The monoisotopic (exact) mass is 393 g/mol. The number of rotatable bonds is 5. The van der Waals surface area contributed by atoms with Crippen molar-refractivity contribution in [3.8, 4) is 0 Å². The summed E-state index contributed by atoms with van der Waals surface area (Å²) in [6, 6.07) is 17.7. The normalized spacial score (nSPS) is 11.1. The van der Waals surface area contributed by atoms with Crippen molar-refractivity contribution in [1.29, 1.82) is 0 Å². The summed E-state index contributed by atoms with van der Waals surface area (Å²) in [4.78, 5) is 17.5. The van der Waals surface area contributed by atoms with E-state index in [1.54, 1.807) is 11.6 Å². The molecule has 2 aromatic heterocycles. The van der Waals surface area contributed by atoms with Crippen molar-refractivity contribution >= 4 is 34.5 Å². The van der Waals surface area contributed by atoms with Gasteiger partial charge in [-0.05, 0) is 31.5 Å². The third-order valence-corrected chi connectivity index (χ3v) is 5.05. The van der Waals surface area contributed by atoms with E-state index in [9.17, 15) is 4.79 Å². The molecular formula is C21H20ClN5O. The molecule has 0 radical (unpaired) electrons. The molecule has 6 nitrogen and oxygen atoms in total. The van der Waals surface area contributed by atoms with Crippen LogP contribution in [-0.4, -0.2) is 25.2 Å². The molecular weight excluding hydrogens is 374 g/mol. The lowest BCUT2D eigenvalue weighted by atomic mass is 10.2. The average molecular weight is 394 g/mol. The fourth-order valence-corrected chi connectivity index (χ4v) is 3.65. The highest BCUT2D eigenvalue weighted by molar-refractivity contribution is 6.33. The van der Waals surface area contributed by atoms with E-state index in [1.807, 2.05) is 66.1 Å². The maximum Gasteiger partial charge on any atom is 0.263 e. The largest absolute Gasteiger partial charge is 0.310 e. The smallest absolute Gasteiger partial charge is 0.263 e. The fourth-order valence-electron chi connectivity index (χ4n) is 3.33. The van der Waals surface area contributed by atoms with Gasteiger partial charge in [0.05, 0.1) is 28.8 Å². The van der Waals surface area contributed by atoms with Gasteiger partial charge in [-0.15, -0.1) is 0 Å². The summed E-state index contributed by atoms with van der Waals surface area (Å²) < 4.78 is 3.61. The summed E-state index contributed by atoms with van der Waals surface area (Å²) >= 11 is 6.51. The Bertz CT molecular complexity index is 1150. The van der Waals surface area contributed by atoms with Crippen LogP contribution in [0, 0.1) is 6.92 Å². The van der Waals surface area contributed by atoms with Crippen LogP contribution in [0.25, 0.3) is 11.0 Å². The molecule has 2 heterocycles. The fraction of sp³-hybridized carbons (Fsp3) is 0.190. The van der Waals surface area contributed by atoms with Crippen molar-refractivity contribution < 1.29 is 4.79 Å². The number of aryl methyl sites for hydroxylation is 2. The number of nitrogens with one attached hydrogen (secondary N) is 1. The van der Waals surface area contributed by atoms with Gasteiger partial charge in [0.2, 0.25) is 5.95 Å². The number of hydrogen-bond acceptors (Lipinski definition) is 3. The van der Waals surface area contributed by atoms with E-state index in [-0.39, 0.29) is 5.91 Å². The van der Waals surface area contributed by atoms with E-state index in [4.69, 9.17) is 11.6 Å². The van der Waals surface area contributed by atoms with E-state index >= 15 is 0 Å². The van der Waals surface area contributed by atoms with Crippen LogP contribution in [0.5, 0.6) is 0 Å². The Morgan fingerprint density at radius 3 is 2.57 bits per heavy atom. The summed E-state index contributed by atoms with van der Waals surface area (Å²) in [7, 11) is 0. The SMILES string of the molecule is CCn1c(NC(=O)c2c(C)nn(Cc3ccccc3)c2Cl)nc2ccccc21. The molecule has 1 amide bonds. The quantitative estimate of drug-likeness (QED) is 0.542. The molecule has 142 valence electrons. The van der Waals surface area contributed by atoms with Crippen molar-refractivity contribution in [3.05, 3.63) is 76.6 Å². The zero-order valence-electron chi connectivity index (χ0n) is 15.7. The number of anilines is 1. The number of amides is 1. The maximum absolute atomic E-state index is 13.0. The van der Waals surface area contributed by atoms with Crippen LogP contribution in [0.3, 0.4) is 0 Å². The first kappa shape index (κ1) is 18.3. The van der Waals surface area contributed by atoms with Crippen molar-refractivity contribution in [1.82, 2.24) is 19.3 Å². The Morgan fingerprint density at radius 2 is 1.82 bits per heavy atom. The molecule has 0 aliphatic heterocycles. The topological polar surface area (TPSA) is 64.7 Å². The first-order chi connectivity index (χ1) is 13.6.